The van der Waals surface area contributed by atoms with Crippen molar-refractivity contribution in [1.29, 1.82) is 0 Å². The Morgan fingerprint density at radius 2 is 1.63 bits per heavy atom. The van der Waals surface area contributed by atoms with Crippen LogP contribution < -0.4 is 5.73 Å². The molecule has 2 rings (SSSR count). The minimum atomic E-state index is -0.677. The first-order valence-corrected chi connectivity index (χ1v) is 6.67. The number of halogens is 3. The first-order valence-electron chi connectivity index (χ1n) is 5.88. The molecule has 0 bridgehead atoms. The molecule has 100 valence electrons. The summed E-state index contributed by atoms with van der Waals surface area (Å²) in [7, 11) is 0. The van der Waals surface area contributed by atoms with Crippen LogP contribution in [-0.4, -0.2) is 0 Å². The van der Waals surface area contributed by atoms with E-state index < -0.39 is 17.7 Å². The van der Waals surface area contributed by atoms with Crippen LogP contribution in [0.25, 0.3) is 0 Å². The van der Waals surface area contributed by atoms with E-state index in [1.807, 2.05) is 32.0 Å². The summed E-state index contributed by atoms with van der Waals surface area (Å²) in [6.07, 6.45) is 0. The van der Waals surface area contributed by atoms with Gasteiger partial charge in [-0.25, -0.2) is 8.78 Å². The molecule has 0 saturated carbocycles. The average molecular weight is 326 g/mol. The molecule has 4 heteroatoms. The minimum absolute atomic E-state index is 0.0995. The van der Waals surface area contributed by atoms with Gasteiger partial charge in [0.05, 0.1) is 10.5 Å². The van der Waals surface area contributed by atoms with Crippen LogP contribution in [0.3, 0.4) is 0 Å². The van der Waals surface area contributed by atoms with Gasteiger partial charge in [-0.1, -0.05) is 18.2 Å². The van der Waals surface area contributed by atoms with E-state index in [2.05, 4.69) is 15.9 Å². The molecule has 0 aromatic heterocycles. The zero-order valence-corrected chi connectivity index (χ0v) is 12.3. The van der Waals surface area contributed by atoms with Gasteiger partial charge in [-0.15, -0.1) is 0 Å². The Morgan fingerprint density at radius 3 is 2.21 bits per heavy atom. The molecule has 0 heterocycles. The second kappa shape index (κ2) is 5.39. The van der Waals surface area contributed by atoms with Crippen LogP contribution in [0.4, 0.5) is 8.78 Å². The molecule has 19 heavy (non-hydrogen) atoms. The number of aryl methyl sites for hydroxylation is 2. The first-order chi connectivity index (χ1) is 8.91. The van der Waals surface area contributed by atoms with Crippen molar-refractivity contribution in [3.8, 4) is 0 Å². The number of nitrogens with two attached hydrogens (primary N) is 1. The van der Waals surface area contributed by atoms with Crippen molar-refractivity contribution in [3.63, 3.8) is 0 Å². The Balaban J connectivity index is 2.56. The maximum atomic E-state index is 14.0. The van der Waals surface area contributed by atoms with Crippen molar-refractivity contribution in [2.45, 2.75) is 19.9 Å². The van der Waals surface area contributed by atoms with E-state index >= 15 is 0 Å². The predicted octanol–water partition coefficient (Wildman–Crippen LogP) is 4.39. The fourth-order valence-electron chi connectivity index (χ4n) is 2.25. The smallest absolute Gasteiger partial charge is 0.137 e. The average Bonchev–Trinajstić information content (AvgIpc) is 2.33. The van der Waals surface area contributed by atoms with Gasteiger partial charge < -0.3 is 5.73 Å². The fourth-order valence-corrected chi connectivity index (χ4v) is 2.57. The molecule has 0 amide bonds. The second-order valence-electron chi connectivity index (χ2n) is 4.57. The van der Waals surface area contributed by atoms with Crippen molar-refractivity contribution >= 4 is 15.9 Å². The minimum Gasteiger partial charge on any atom is -0.320 e. The molecule has 0 radical (unpaired) electrons. The predicted molar refractivity (Wildman–Crippen MR) is 76.0 cm³/mol. The van der Waals surface area contributed by atoms with Crippen LogP contribution in [0, 0.1) is 25.5 Å². The summed E-state index contributed by atoms with van der Waals surface area (Å²) in [5.41, 5.74) is 9.05. The van der Waals surface area contributed by atoms with Crippen LogP contribution in [0.2, 0.25) is 0 Å². The van der Waals surface area contributed by atoms with Crippen molar-refractivity contribution < 1.29 is 8.78 Å². The van der Waals surface area contributed by atoms with Gasteiger partial charge in [0.1, 0.15) is 11.6 Å². The molecule has 2 aromatic rings. The van der Waals surface area contributed by atoms with E-state index in [1.54, 1.807) is 0 Å². The Kier molecular flexibility index (Phi) is 4.02. The molecule has 0 saturated heterocycles. The summed E-state index contributed by atoms with van der Waals surface area (Å²) in [5.74, 6) is -1.03. The molecule has 0 aliphatic carbocycles. The first kappa shape index (κ1) is 14.2. The molecule has 0 spiro atoms. The molecule has 0 aliphatic heterocycles. The van der Waals surface area contributed by atoms with Crippen LogP contribution in [-0.2, 0) is 0 Å². The van der Waals surface area contributed by atoms with E-state index in [-0.39, 0.29) is 10.0 Å². The lowest BCUT2D eigenvalue weighted by atomic mass is 9.92. The van der Waals surface area contributed by atoms with Crippen molar-refractivity contribution in [3.05, 3.63) is 68.7 Å². The second-order valence-corrected chi connectivity index (χ2v) is 5.43. The molecule has 0 aliphatic rings. The van der Waals surface area contributed by atoms with Crippen LogP contribution in [0.15, 0.2) is 34.8 Å². The third-order valence-electron chi connectivity index (χ3n) is 3.23. The summed E-state index contributed by atoms with van der Waals surface area (Å²) in [4.78, 5) is 0. The molecule has 1 nitrogen and oxygen atoms in total. The number of benzene rings is 2. The third kappa shape index (κ3) is 2.69. The fraction of sp³-hybridized carbons (Fsp3) is 0.200. The molecule has 2 N–H and O–H groups in total. The van der Waals surface area contributed by atoms with E-state index in [4.69, 9.17) is 5.73 Å². The summed E-state index contributed by atoms with van der Waals surface area (Å²) in [6, 6.07) is 7.32. The Morgan fingerprint density at radius 1 is 1.05 bits per heavy atom. The number of hydrogen-bond donors (Lipinski definition) is 1. The van der Waals surface area contributed by atoms with Gasteiger partial charge in [-0.05, 0) is 58.6 Å². The molecular weight excluding hydrogens is 312 g/mol. The van der Waals surface area contributed by atoms with Gasteiger partial charge in [0, 0.05) is 5.56 Å². The van der Waals surface area contributed by atoms with Crippen LogP contribution in [0.5, 0.6) is 0 Å². The van der Waals surface area contributed by atoms with E-state index in [0.717, 1.165) is 28.8 Å². The van der Waals surface area contributed by atoms with Gasteiger partial charge in [-0.2, -0.15) is 0 Å². The largest absolute Gasteiger partial charge is 0.320 e. The topological polar surface area (TPSA) is 26.0 Å². The lowest BCUT2D eigenvalue weighted by Gasteiger charge is -2.19. The lowest BCUT2D eigenvalue weighted by molar-refractivity contribution is 0.571. The van der Waals surface area contributed by atoms with Gasteiger partial charge in [-0.3, -0.25) is 0 Å². The highest BCUT2D eigenvalue weighted by atomic mass is 79.9. The summed E-state index contributed by atoms with van der Waals surface area (Å²) >= 11 is 2.96. The van der Waals surface area contributed by atoms with E-state index in [1.165, 1.54) is 0 Å². The SMILES string of the molecule is Cc1cccc(C)c1C(N)c1cc(F)c(Br)cc1F. The van der Waals surface area contributed by atoms with Gasteiger partial charge in [0.25, 0.3) is 0 Å². The standard InChI is InChI=1S/C15H14BrF2N/c1-8-4-3-5-9(2)14(8)15(19)10-6-13(18)11(16)7-12(10)17/h3-7,15H,19H2,1-2H3. The van der Waals surface area contributed by atoms with Crippen LogP contribution in [0.1, 0.15) is 28.3 Å². The van der Waals surface area contributed by atoms with Crippen molar-refractivity contribution in [2.75, 3.05) is 0 Å². The third-order valence-corrected chi connectivity index (χ3v) is 3.84. The van der Waals surface area contributed by atoms with Gasteiger partial charge >= 0.3 is 0 Å². The van der Waals surface area contributed by atoms with Crippen molar-refractivity contribution in [2.24, 2.45) is 5.73 Å². The maximum Gasteiger partial charge on any atom is 0.137 e. The molecule has 1 unspecified atom stereocenters. The number of rotatable bonds is 2. The van der Waals surface area contributed by atoms with Crippen LogP contribution >= 0.6 is 15.9 Å². The summed E-state index contributed by atoms with van der Waals surface area (Å²) in [5, 5.41) is 0. The Bertz CT molecular complexity index is 606. The zero-order chi connectivity index (χ0) is 14.2. The molecule has 1 atom stereocenters. The Hall–Kier alpha value is -1.26. The summed E-state index contributed by atoms with van der Waals surface area (Å²) in [6.45, 7) is 3.82. The normalized spacial score (nSPS) is 12.5. The summed E-state index contributed by atoms with van der Waals surface area (Å²) < 4.78 is 27.6. The van der Waals surface area contributed by atoms with E-state index in [0.29, 0.717) is 0 Å². The lowest BCUT2D eigenvalue weighted by Crippen LogP contribution is -2.16. The molecule has 2 aromatic carbocycles. The highest BCUT2D eigenvalue weighted by Gasteiger charge is 2.19. The molecule has 0 fully saturated rings. The molecular formula is C15H14BrF2N. The number of hydrogen-bond acceptors (Lipinski definition) is 1. The Labute approximate surface area is 119 Å². The maximum absolute atomic E-state index is 14.0. The van der Waals surface area contributed by atoms with E-state index in [9.17, 15) is 8.78 Å². The van der Waals surface area contributed by atoms with Gasteiger partial charge in [0.2, 0.25) is 0 Å². The quantitative estimate of drug-likeness (QED) is 0.814. The highest BCUT2D eigenvalue weighted by molar-refractivity contribution is 9.10. The monoisotopic (exact) mass is 325 g/mol. The van der Waals surface area contributed by atoms with Gasteiger partial charge in [0.15, 0.2) is 0 Å². The van der Waals surface area contributed by atoms with Crippen molar-refractivity contribution in [1.82, 2.24) is 0 Å². The highest BCUT2D eigenvalue weighted by Crippen LogP contribution is 2.30. The zero-order valence-electron chi connectivity index (χ0n) is 10.7.